The molecule has 4 bridgehead atoms. The molecular weight excluding hydrogens is 392 g/mol. The van der Waals surface area contributed by atoms with Gasteiger partial charge in [-0.1, -0.05) is 5.16 Å². The SMILES string of the molecule is COc1ccc(-c2noc(C3CCCN3C(=O)NC34CC5CC(CC(C5)C3)C4)n2)cc1. The van der Waals surface area contributed by atoms with Crippen LogP contribution in [0.25, 0.3) is 11.4 Å². The van der Waals surface area contributed by atoms with Crippen LogP contribution in [0.1, 0.15) is 63.3 Å². The minimum absolute atomic E-state index is 0.0159. The molecular formula is C24H30N4O3. The summed E-state index contributed by atoms with van der Waals surface area (Å²) in [5.41, 5.74) is 0.889. The van der Waals surface area contributed by atoms with Crippen molar-refractivity contribution in [2.45, 2.75) is 62.9 Å². The average molecular weight is 423 g/mol. The summed E-state index contributed by atoms with van der Waals surface area (Å²) in [5.74, 6) is 4.29. The van der Waals surface area contributed by atoms with E-state index in [1.54, 1.807) is 7.11 Å². The van der Waals surface area contributed by atoms with Gasteiger partial charge >= 0.3 is 6.03 Å². The van der Waals surface area contributed by atoms with E-state index in [0.717, 1.165) is 67.7 Å². The molecule has 5 fully saturated rings. The number of rotatable bonds is 4. The highest BCUT2D eigenvalue weighted by atomic mass is 16.5. The van der Waals surface area contributed by atoms with Crippen LogP contribution in [0, 0.1) is 17.8 Å². The molecule has 0 radical (unpaired) electrons. The van der Waals surface area contributed by atoms with Gasteiger partial charge in [0.25, 0.3) is 0 Å². The molecule has 7 heteroatoms. The number of benzene rings is 1. The third kappa shape index (κ3) is 3.38. The summed E-state index contributed by atoms with van der Waals surface area (Å²) in [4.78, 5) is 19.9. The quantitative estimate of drug-likeness (QED) is 0.781. The number of aromatic nitrogens is 2. The Morgan fingerprint density at radius 1 is 1.13 bits per heavy atom. The molecule has 4 saturated carbocycles. The minimum Gasteiger partial charge on any atom is -0.497 e. The van der Waals surface area contributed by atoms with Gasteiger partial charge < -0.3 is 19.5 Å². The van der Waals surface area contributed by atoms with Gasteiger partial charge in [0.1, 0.15) is 11.8 Å². The smallest absolute Gasteiger partial charge is 0.318 e. The number of likely N-dealkylation sites (tertiary alicyclic amines) is 1. The topological polar surface area (TPSA) is 80.5 Å². The first-order chi connectivity index (χ1) is 15.1. The van der Waals surface area contributed by atoms with E-state index in [0.29, 0.717) is 11.7 Å². The molecule has 2 heterocycles. The number of methoxy groups -OCH3 is 1. The molecule has 2 amide bonds. The third-order valence-corrected chi connectivity index (χ3v) is 8.00. The van der Waals surface area contributed by atoms with Crippen LogP contribution in [0.15, 0.2) is 28.8 Å². The van der Waals surface area contributed by atoms with Gasteiger partial charge in [-0.15, -0.1) is 0 Å². The lowest BCUT2D eigenvalue weighted by Crippen LogP contribution is -2.61. The van der Waals surface area contributed by atoms with Crippen molar-refractivity contribution in [3.8, 4) is 17.1 Å². The predicted octanol–water partition coefficient (Wildman–Crippen LogP) is 4.56. The predicted molar refractivity (Wildman–Crippen MR) is 114 cm³/mol. The van der Waals surface area contributed by atoms with Gasteiger partial charge in [-0.05, 0) is 93.4 Å². The first-order valence-electron chi connectivity index (χ1n) is 11.7. The van der Waals surface area contributed by atoms with Crippen LogP contribution in [0.5, 0.6) is 5.75 Å². The van der Waals surface area contributed by atoms with Crippen LogP contribution < -0.4 is 10.1 Å². The van der Waals surface area contributed by atoms with Crippen LogP contribution in [0.3, 0.4) is 0 Å². The minimum atomic E-state index is -0.145. The van der Waals surface area contributed by atoms with E-state index < -0.39 is 0 Å². The highest BCUT2D eigenvalue weighted by molar-refractivity contribution is 5.76. The van der Waals surface area contributed by atoms with E-state index in [1.165, 1.54) is 19.3 Å². The molecule has 4 aliphatic carbocycles. The number of ether oxygens (including phenoxy) is 1. The van der Waals surface area contributed by atoms with Crippen LogP contribution >= 0.6 is 0 Å². The summed E-state index contributed by atoms with van der Waals surface area (Å²) in [5, 5.41) is 7.68. The van der Waals surface area contributed by atoms with Gasteiger partial charge in [-0.2, -0.15) is 4.98 Å². The summed E-state index contributed by atoms with van der Waals surface area (Å²) in [6.07, 6.45) is 9.41. The molecule has 7 rings (SSSR count). The zero-order valence-corrected chi connectivity index (χ0v) is 18.0. The number of urea groups is 1. The van der Waals surface area contributed by atoms with Crippen molar-refractivity contribution >= 4 is 6.03 Å². The van der Waals surface area contributed by atoms with Crippen molar-refractivity contribution in [2.24, 2.45) is 17.8 Å². The summed E-state index contributed by atoms with van der Waals surface area (Å²) in [7, 11) is 1.64. The Hall–Kier alpha value is -2.57. The van der Waals surface area contributed by atoms with Crippen molar-refractivity contribution in [1.82, 2.24) is 20.4 Å². The monoisotopic (exact) mass is 422 g/mol. The third-order valence-electron chi connectivity index (χ3n) is 8.00. The Bertz CT molecular complexity index is 934. The lowest BCUT2D eigenvalue weighted by atomic mass is 9.53. The molecule has 7 nitrogen and oxygen atoms in total. The second kappa shape index (κ2) is 7.24. The van der Waals surface area contributed by atoms with E-state index in [2.05, 4.69) is 15.5 Å². The average Bonchev–Trinajstić information content (AvgIpc) is 3.42. The van der Waals surface area contributed by atoms with Gasteiger partial charge in [-0.3, -0.25) is 0 Å². The van der Waals surface area contributed by atoms with Crippen LogP contribution in [-0.2, 0) is 0 Å². The fourth-order valence-corrected chi connectivity index (χ4v) is 7.06. The van der Waals surface area contributed by atoms with Gasteiger partial charge in [0.15, 0.2) is 0 Å². The fourth-order valence-electron chi connectivity index (χ4n) is 7.06. The maximum atomic E-state index is 13.4. The Morgan fingerprint density at radius 3 is 2.45 bits per heavy atom. The van der Waals surface area contributed by atoms with E-state index in [-0.39, 0.29) is 17.6 Å². The van der Waals surface area contributed by atoms with E-state index in [9.17, 15) is 4.79 Å². The lowest BCUT2D eigenvalue weighted by molar-refractivity contribution is -0.0160. The molecule has 1 aromatic carbocycles. The summed E-state index contributed by atoms with van der Waals surface area (Å²) < 4.78 is 10.8. The highest BCUT2D eigenvalue weighted by Gasteiger charge is 2.52. The van der Waals surface area contributed by atoms with Crippen LogP contribution in [0.2, 0.25) is 0 Å². The molecule has 1 saturated heterocycles. The molecule has 31 heavy (non-hydrogen) atoms. The number of nitrogens with zero attached hydrogens (tertiary/aromatic N) is 3. The van der Waals surface area contributed by atoms with Crippen molar-refractivity contribution < 1.29 is 14.1 Å². The van der Waals surface area contributed by atoms with Crippen molar-refractivity contribution in [1.29, 1.82) is 0 Å². The zero-order valence-electron chi connectivity index (χ0n) is 18.0. The normalized spacial score (nSPS) is 33.6. The molecule has 1 N–H and O–H groups in total. The van der Waals surface area contributed by atoms with Gasteiger partial charge in [0, 0.05) is 17.6 Å². The molecule has 5 aliphatic rings. The Morgan fingerprint density at radius 2 is 1.81 bits per heavy atom. The summed E-state index contributed by atoms with van der Waals surface area (Å²) >= 11 is 0. The van der Waals surface area contributed by atoms with Gasteiger partial charge in [-0.25, -0.2) is 4.79 Å². The van der Waals surface area contributed by atoms with Crippen molar-refractivity contribution in [3.05, 3.63) is 30.2 Å². The fraction of sp³-hybridized carbons (Fsp3) is 0.625. The molecule has 1 aromatic heterocycles. The van der Waals surface area contributed by atoms with Crippen molar-refractivity contribution in [3.63, 3.8) is 0 Å². The van der Waals surface area contributed by atoms with Gasteiger partial charge in [0.2, 0.25) is 11.7 Å². The number of carbonyl (C=O) groups excluding carboxylic acids is 1. The largest absolute Gasteiger partial charge is 0.497 e. The zero-order chi connectivity index (χ0) is 21.0. The number of nitrogens with one attached hydrogen (secondary N) is 1. The van der Waals surface area contributed by atoms with E-state index in [4.69, 9.17) is 9.26 Å². The Labute approximate surface area is 182 Å². The summed E-state index contributed by atoms with van der Waals surface area (Å²) in [6.45, 7) is 0.739. The van der Waals surface area contributed by atoms with Crippen LogP contribution in [0.4, 0.5) is 4.79 Å². The highest BCUT2D eigenvalue weighted by Crippen LogP contribution is 2.55. The Kier molecular flexibility index (Phi) is 4.47. The van der Waals surface area contributed by atoms with Gasteiger partial charge in [0.05, 0.1) is 7.11 Å². The maximum Gasteiger partial charge on any atom is 0.318 e. The molecule has 1 atom stereocenters. The van der Waals surface area contributed by atoms with E-state index >= 15 is 0 Å². The Balaban J connectivity index is 1.18. The van der Waals surface area contributed by atoms with E-state index in [1.807, 2.05) is 29.2 Å². The molecule has 164 valence electrons. The number of hydrogen-bond acceptors (Lipinski definition) is 5. The number of amides is 2. The molecule has 0 spiro atoms. The number of hydrogen-bond donors (Lipinski definition) is 1. The van der Waals surface area contributed by atoms with Crippen molar-refractivity contribution in [2.75, 3.05) is 13.7 Å². The first-order valence-corrected chi connectivity index (χ1v) is 11.7. The molecule has 1 aliphatic heterocycles. The lowest BCUT2D eigenvalue weighted by Gasteiger charge is -2.57. The second-order valence-corrected chi connectivity index (χ2v) is 10.2. The maximum absolute atomic E-state index is 13.4. The molecule has 1 unspecified atom stereocenters. The number of carbonyl (C=O) groups is 1. The first kappa shape index (κ1) is 19.1. The second-order valence-electron chi connectivity index (χ2n) is 10.2. The standard InChI is InChI=1S/C24H30N4O3/c1-30-19-6-4-18(5-7-19)21-25-22(31-27-21)20-3-2-8-28(20)23(29)26-24-12-15-9-16(13-24)11-17(10-15)14-24/h4-7,15-17,20H,2-3,8-14H2,1H3,(H,26,29). The molecule has 2 aromatic rings. The summed E-state index contributed by atoms with van der Waals surface area (Å²) in [6, 6.07) is 7.50. The van der Waals surface area contributed by atoms with Crippen LogP contribution in [-0.4, -0.2) is 40.3 Å².